The normalized spacial score (nSPS) is 17.8. The van der Waals surface area contributed by atoms with Crippen LogP contribution in [0.25, 0.3) is 0 Å². The van der Waals surface area contributed by atoms with Crippen molar-refractivity contribution in [1.82, 2.24) is 4.90 Å². The van der Waals surface area contributed by atoms with Gasteiger partial charge in [0.1, 0.15) is 11.8 Å². The highest BCUT2D eigenvalue weighted by Gasteiger charge is 2.56. The highest BCUT2D eigenvalue weighted by atomic mass is 16.5. The lowest BCUT2D eigenvalue weighted by atomic mass is 10.0. The van der Waals surface area contributed by atoms with Gasteiger partial charge in [0.25, 0.3) is 17.7 Å². The maximum atomic E-state index is 13.7. The Morgan fingerprint density at radius 1 is 0.711 bits per heavy atom. The first-order valence-electron chi connectivity index (χ1n) is 12.1. The summed E-state index contributed by atoms with van der Waals surface area (Å²) in [6.45, 7) is 0. The average molecular weight is 503 g/mol. The smallest absolute Gasteiger partial charge is 0.266 e. The summed E-state index contributed by atoms with van der Waals surface area (Å²) in [5, 5.41) is 0. The number of ketones is 1. The fourth-order valence-corrected chi connectivity index (χ4v) is 5.08. The van der Waals surface area contributed by atoms with Gasteiger partial charge in [-0.05, 0) is 35.9 Å². The number of hydrogen-bond donors (Lipinski definition) is 0. The van der Waals surface area contributed by atoms with Crippen LogP contribution >= 0.6 is 0 Å². The first kappa shape index (κ1) is 23.4. The van der Waals surface area contributed by atoms with Gasteiger partial charge < -0.3 is 9.64 Å². The number of nitrogens with zero attached hydrogens (tertiary/aromatic N) is 2. The molecule has 0 aliphatic carbocycles. The molecule has 1 fully saturated rings. The minimum atomic E-state index is -0.664. The van der Waals surface area contributed by atoms with E-state index in [1.807, 2.05) is 36.4 Å². The van der Waals surface area contributed by atoms with Gasteiger partial charge in [-0.1, -0.05) is 72.8 Å². The van der Waals surface area contributed by atoms with E-state index in [4.69, 9.17) is 4.74 Å². The molecule has 0 spiro atoms. The van der Waals surface area contributed by atoms with Crippen LogP contribution in [0.4, 0.5) is 5.69 Å². The molecule has 1 saturated heterocycles. The molecule has 4 aromatic rings. The number of carbonyl (C=O) groups excluding carboxylic acids is 4. The molecular formula is C31H22N2O5. The van der Waals surface area contributed by atoms with Gasteiger partial charge in [-0.25, -0.2) is 4.90 Å². The van der Waals surface area contributed by atoms with E-state index in [9.17, 15) is 19.2 Å². The zero-order valence-corrected chi connectivity index (χ0v) is 20.4. The van der Waals surface area contributed by atoms with Crippen LogP contribution in [0.3, 0.4) is 0 Å². The zero-order valence-electron chi connectivity index (χ0n) is 20.4. The minimum absolute atomic E-state index is 0.135. The Hall–Kier alpha value is -5.04. The summed E-state index contributed by atoms with van der Waals surface area (Å²) >= 11 is 0. The molecule has 2 heterocycles. The lowest BCUT2D eigenvalue weighted by molar-refractivity contribution is 0.0833. The molecule has 0 N–H and O–H groups in total. The number of hydrogen-bond acceptors (Lipinski definition) is 5. The molecule has 38 heavy (non-hydrogen) atoms. The Morgan fingerprint density at radius 2 is 1.34 bits per heavy atom. The quantitative estimate of drug-likeness (QED) is 0.212. The molecule has 0 unspecified atom stereocenters. The fourth-order valence-electron chi connectivity index (χ4n) is 5.08. The second-order valence-electron chi connectivity index (χ2n) is 9.12. The van der Waals surface area contributed by atoms with Crippen LogP contribution in [0.5, 0.6) is 5.75 Å². The summed E-state index contributed by atoms with van der Waals surface area (Å²) in [6, 6.07) is 28.4. The second-order valence-corrected chi connectivity index (χ2v) is 9.12. The molecule has 2 aliphatic rings. The van der Waals surface area contributed by atoms with E-state index >= 15 is 0 Å². The van der Waals surface area contributed by atoms with E-state index in [-0.39, 0.29) is 28.4 Å². The minimum Gasteiger partial charge on any atom is -0.495 e. The molecule has 2 aliphatic heterocycles. The number of anilines is 1. The van der Waals surface area contributed by atoms with Crippen LogP contribution in [0.1, 0.15) is 53.0 Å². The van der Waals surface area contributed by atoms with Gasteiger partial charge >= 0.3 is 0 Å². The third-order valence-corrected chi connectivity index (χ3v) is 6.97. The Labute approximate surface area is 218 Å². The molecule has 2 atom stereocenters. The van der Waals surface area contributed by atoms with Gasteiger partial charge in [-0.3, -0.25) is 19.2 Å². The second kappa shape index (κ2) is 9.12. The number of methoxy groups -OCH3 is 1. The van der Waals surface area contributed by atoms with E-state index in [1.54, 1.807) is 48.5 Å². The van der Waals surface area contributed by atoms with Gasteiger partial charge in [-0.15, -0.1) is 0 Å². The van der Waals surface area contributed by atoms with Crippen molar-refractivity contribution in [3.63, 3.8) is 0 Å². The van der Waals surface area contributed by atoms with Gasteiger partial charge in [0, 0.05) is 11.1 Å². The fraction of sp³-hybridized carbons (Fsp3) is 0.0968. The summed E-state index contributed by atoms with van der Waals surface area (Å²) in [7, 11) is 1.47. The SMILES string of the molecule is COc1ccccc1N1C(=O)c2ccc(C(=O)N3[C@H](C(=O)c4ccccc4)[C@@H]3c3ccccc3)cc2C1=O. The average Bonchev–Trinajstić information content (AvgIpc) is 3.67. The van der Waals surface area contributed by atoms with E-state index in [2.05, 4.69) is 0 Å². The molecule has 186 valence electrons. The van der Waals surface area contributed by atoms with E-state index in [1.165, 1.54) is 30.2 Å². The third kappa shape index (κ3) is 3.67. The van der Waals surface area contributed by atoms with Crippen molar-refractivity contribution in [2.45, 2.75) is 12.1 Å². The van der Waals surface area contributed by atoms with Gasteiger partial charge in [-0.2, -0.15) is 0 Å². The summed E-state index contributed by atoms with van der Waals surface area (Å²) in [6.07, 6.45) is 0. The van der Waals surface area contributed by atoms with Crippen LogP contribution in [0, 0.1) is 0 Å². The molecule has 7 heteroatoms. The third-order valence-electron chi connectivity index (χ3n) is 6.97. The van der Waals surface area contributed by atoms with Crippen molar-refractivity contribution in [2.24, 2.45) is 0 Å². The zero-order chi connectivity index (χ0) is 26.4. The Balaban J connectivity index is 1.34. The maximum absolute atomic E-state index is 13.7. The number of carbonyl (C=O) groups is 4. The molecule has 0 radical (unpaired) electrons. The van der Waals surface area contributed by atoms with Crippen LogP contribution in [0.15, 0.2) is 103 Å². The van der Waals surface area contributed by atoms with Crippen molar-refractivity contribution < 1.29 is 23.9 Å². The highest BCUT2D eigenvalue weighted by Crippen LogP contribution is 2.46. The molecule has 0 aromatic heterocycles. The van der Waals surface area contributed by atoms with Crippen molar-refractivity contribution in [1.29, 1.82) is 0 Å². The van der Waals surface area contributed by atoms with Crippen molar-refractivity contribution in [3.05, 3.63) is 131 Å². The van der Waals surface area contributed by atoms with E-state index < -0.39 is 23.9 Å². The lowest BCUT2D eigenvalue weighted by Crippen LogP contribution is -2.29. The molecule has 3 amide bonds. The first-order valence-corrected chi connectivity index (χ1v) is 12.1. The van der Waals surface area contributed by atoms with E-state index in [0.29, 0.717) is 17.0 Å². The largest absolute Gasteiger partial charge is 0.495 e. The number of ether oxygens (including phenoxy) is 1. The van der Waals surface area contributed by atoms with Crippen molar-refractivity contribution in [3.8, 4) is 5.75 Å². The number of Topliss-reactive ketones (excluding diaryl/α,β-unsaturated/α-hetero) is 1. The number of para-hydroxylation sites is 2. The Kier molecular flexibility index (Phi) is 5.61. The summed E-state index contributed by atoms with van der Waals surface area (Å²) in [4.78, 5) is 56.2. The van der Waals surface area contributed by atoms with Gasteiger partial charge in [0.15, 0.2) is 5.78 Å². The molecule has 4 aromatic carbocycles. The van der Waals surface area contributed by atoms with Crippen molar-refractivity contribution in [2.75, 3.05) is 12.0 Å². The van der Waals surface area contributed by atoms with Crippen LogP contribution in [-0.2, 0) is 0 Å². The Bertz CT molecular complexity index is 1600. The molecule has 0 saturated carbocycles. The predicted octanol–water partition coefficient (Wildman–Crippen LogP) is 4.94. The standard InChI is InChI=1S/C31H22N2O5/c1-38-25-15-9-8-14-24(25)32-30(36)22-17-16-21(18-23(22)31(32)37)29(35)33-26(19-10-4-2-5-11-19)27(33)28(34)20-12-6-3-7-13-20/h2-18,26-27H,1H3/t26-,27-,33?/m0/s1. The number of amides is 3. The monoisotopic (exact) mass is 502 g/mol. The number of benzene rings is 4. The van der Waals surface area contributed by atoms with Crippen LogP contribution < -0.4 is 9.64 Å². The number of rotatable bonds is 6. The Morgan fingerprint density at radius 3 is 2.05 bits per heavy atom. The topological polar surface area (TPSA) is 83.8 Å². The number of imide groups is 1. The highest BCUT2D eigenvalue weighted by molar-refractivity contribution is 6.35. The van der Waals surface area contributed by atoms with Gasteiger partial charge in [0.05, 0.1) is 30.0 Å². The summed E-state index contributed by atoms with van der Waals surface area (Å²) < 4.78 is 5.34. The van der Waals surface area contributed by atoms with E-state index in [0.717, 1.165) is 10.5 Å². The maximum Gasteiger partial charge on any atom is 0.266 e. The predicted molar refractivity (Wildman–Crippen MR) is 140 cm³/mol. The van der Waals surface area contributed by atoms with Crippen LogP contribution in [0.2, 0.25) is 0 Å². The molecule has 7 nitrogen and oxygen atoms in total. The molecule has 0 bridgehead atoms. The van der Waals surface area contributed by atoms with Gasteiger partial charge in [0.2, 0.25) is 0 Å². The van der Waals surface area contributed by atoms with Crippen LogP contribution in [-0.4, -0.2) is 41.6 Å². The summed E-state index contributed by atoms with van der Waals surface area (Å²) in [5.41, 5.74) is 2.28. The summed E-state index contributed by atoms with van der Waals surface area (Å²) in [5.74, 6) is -1.17. The first-order chi connectivity index (χ1) is 18.5. The number of fused-ring (bicyclic) bond motifs is 1. The molecular weight excluding hydrogens is 480 g/mol. The lowest BCUT2D eigenvalue weighted by Gasteiger charge is -2.16. The van der Waals surface area contributed by atoms with Crippen molar-refractivity contribution >= 4 is 29.2 Å². The molecule has 6 rings (SSSR count).